The Morgan fingerprint density at radius 1 is 1.45 bits per heavy atom. The third-order valence-electron chi connectivity index (χ3n) is 3.06. The van der Waals surface area contributed by atoms with E-state index < -0.39 is 18.0 Å². The van der Waals surface area contributed by atoms with Gasteiger partial charge in [0.2, 0.25) is 0 Å². The summed E-state index contributed by atoms with van der Waals surface area (Å²) < 4.78 is 23.9. The Hall–Kier alpha value is -1.95. The van der Waals surface area contributed by atoms with E-state index in [9.17, 15) is 14.0 Å². The van der Waals surface area contributed by atoms with Crippen LogP contribution in [0, 0.1) is 5.82 Å². The van der Waals surface area contributed by atoms with Gasteiger partial charge < -0.3 is 14.4 Å². The molecule has 0 N–H and O–H groups in total. The molecule has 1 aliphatic heterocycles. The molecular weight excluding hydrogens is 265 g/mol. The highest BCUT2D eigenvalue weighted by Gasteiger charge is 2.30. The number of morpholine rings is 1. The predicted octanol–water partition coefficient (Wildman–Crippen LogP) is 1.29. The van der Waals surface area contributed by atoms with Crippen LogP contribution >= 0.6 is 0 Å². The maximum Gasteiger partial charge on any atom is 0.397 e. The number of amides is 1. The molecule has 0 spiro atoms. The lowest BCUT2D eigenvalue weighted by molar-refractivity contribution is -0.163. The summed E-state index contributed by atoms with van der Waals surface area (Å²) in [6.45, 7) is 2.46. The van der Waals surface area contributed by atoms with Gasteiger partial charge >= 0.3 is 11.9 Å². The first-order valence-corrected chi connectivity index (χ1v) is 6.45. The molecule has 5 nitrogen and oxygen atoms in total. The van der Waals surface area contributed by atoms with Gasteiger partial charge in [0.15, 0.2) is 0 Å². The van der Waals surface area contributed by atoms with Crippen molar-refractivity contribution in [3.05, 3.63) is 35.6 Å². The quantitative estimate of drug-likeness (QED) is 0.605. The van der Waals surface area contributed by atoms with Crippen LogP contribution in [0.3, 0.4) is 0 Å². The van der Waals surface area contributed by atoms with Crippen molar-refractivity contribution in [3.63, 3.8) is 0 Å². The van der Waals surface area contributed by atoms with E-state index in [1.54, 1.807) is 25.1 Å². The van der Waals surface area contributed by atoms with E-state index in [1.807, 2.05) is 0 Å². The van der Waals surface area contributed by atoms with Crippen molar-refractivity contribution in [2.45, 2.75) is 13.0 Å². The Balaban J connectivity index is 2.07. The van der Waals surface area contributed by atoms with Crippen LogP contribution < -0.4 is 0 Å². The molecule has 1 unspecified atom stereocenters. The SMILES string of the molecule is CCOC(=O)C(=O)N1CCOC(c2ccccc2F)C1. The second-order valence-corrected chi connectivity index (χ2v) is 4.35. The molecule has 108 valence electrons. The van der Waals surface area contributed by atoms with Gasteiger partial charge in [-0.1, -0.05) is 18.2 Å². The second kappa shape index (κ2) is 6.47. The smallest absolute Gasteiger partial charge is 0.397 e. The summed E-state index contributed by atoms with van der Waals surface area (Å²) in [6, 6.07) is 6.24. The van der Waals surface area contributed by atoms with Crippen molar-refractivity contribution < 1.29 is 23.5 Å². The second-order valence-electron chi connectivity index (χ2n) is 4.35. The minimum atomic E-state index is -0.887. The Kier molecular flexibility index (Phi) is 4.68. The van der Waals surface area contributed by atoms with Crippen LogP contribution in [0.2, 0.25) is 0 Å². The van der Waals surface area contributed by atoms with Crippen LogP contribution in [-0.2, 0) is 19.1 Å². The summed E-state index contributed by atoms with van der Waals surface area (Å²) in [7, 11) is 0. The van der Waals surface area contributed by atoms with E-state index in [2.05, 4.69) is 4.74 Å². The van der Waals surface area contributed by atoms with Gasteiger partial charge in [0.05, 0.1) is 19.8 Å². The molecule has 1 atom stereocenters. The van der Waals surface area contributed by atoms with Gasteiger partial charge in [-0.3, -0.25) is 4.79 Å². The van der Waals surface area contributed by atoms with E-state index in [4.69, 9.17) is 4.74 Å². The van der Waals surface area contributed by atoms with Gasteiger partial charge in [-0.15, -0.1) is 0 Å². The average molecular weight is 281 g/mol. The van der Waals surface area contributed by atoms with Crippen LogP contribution in [0.15, 0.2) is 24.3 Å². The molecule has 0 aromatic heterocycles. The number of rotatable bonds is 2. The predicted molar refractivity (Wildman–Crippen MR) is 68.3 cm³/mol. The number of esters is 1. The molecule has 1 aromatic carbocycles. The van der Waals surface area contributed by atoms with Gasteiger partial charge in [0.25, 0.3) is 0 Å². The summed E-state index contributed by atoms with van der Waals surface area (Å²) in [4.78, 5) is 24.6. The number of carbonyl (C=O) groups excluding carboxylic acids is 2. The van der Waals surface area contributed by atoms with E-state index in [1.165, 1.54) is 11.0 Å². The number of benzene rings is 1. The minimum absolute atomic E-state index is 0.137. The highest BCUT2D eigenvalue weighted by Crippen LogP contribution is 2.24. The highest BCUT2D eigenvalue weighted by molar-refractivity contribution is 6.32. The normalized spacial score (nSPS) is 18.7. The summed E-state index contributed by atoms with van der Waals surface area (Å²) in [6.07, 6.45) is -0.566. The van der Waals surface area contributed by atoms with Crippen molar-refractivity contribution in [3.8, 4) is 0 Å². The van der Waals surface area contributed by atoms with Crippen LogP contribution in [0.25, 0.3) is 0 Å². The molecule has 0 saturated carbocycles. The van der Waals surface area contributed by atoms with Gasteiger partial charge in [0, 0.05) is 12.1 Å². The lowest BCUT2D eigenvalue weighted by Crippen LogP contribution is -2.45. The molecule has 0 radical (unpaired) electrons. The number of hydrogen-bond acceptors (Lipinski definition) is 4. The Morgan fingerprint density at radius 2 is 2.20 bits per heavy atom. The molecule has 1 aliphatic rings. The zero-order chi connectivity index (χ0) is 14.5. The fraction of sp³-hybridized carbons (Fsp3) is 0.429. The molecule has 0 bridgehead atoms. The number of ether oxygens (including phenoxy) is 2. The van der Waals surface area contributed by atoms with Crippen molar-refractivity contribution in [1.29, 1.82) is 0 Å². The van der Waals surface area contributed by atoms with Crippen LogP contribution in [0.5, 0.6) is 0 Å². The number of hydrogen-bond donors (Lipinski definition) is 0. The maximum atomic E-state index is 13.7. The van der Waals surface area contributed by atoms with Crippen molar-refractivity contribution in [2.75, 3.05) is 26.3 Å². The molecule has 0 aliphatic carbocycles. The zero-order valence-corrected chi connectivity index (χ0v) is 11.2. The zero-order valence-electron chi connectivity index (χ0n) is 11.2. The molecule has 1 amide bonds. The summed E-state index contributed by atoms with van der Waals surface area (Å²) in [5, 5.41) is 0. The molecule has 1 aromatic rings. The fourth-order valence-electron chi connectivity index (χ4n) is 2.08. The van der Waals surface area contributed by atoms with Gasteiger partial charge in [-0.2, -0.15) is 0 Å². The molecule has 1 saturated heterocycles. The summed E-state index contributed by atoms with van der Waals surface area (Å²) >= 11 is 0. The van der Waals surface area contributed by atoms with Gasteiger partial charge in [-0.05, 0) is 13.0 Å². The number of halogens is 1. The maximum absolute atomic E-state index is 13.7. The average Bonchev–Trinajstić information content (AvgIpc) is 2.47. The standard InChI is InChI=1S/C14H16FNO4/c1-2-19-14(18)13(17)16-7-8-20-12(9-16)10-5-3-4-6-11(10)15/h3-6,12H,2,7-9H2,1H3. The Bertz CT molecular complexity index is 506. The molecule has 2 rings (SSSR count). The lowest BCUT2D eigenvalue weighted by Gasteiger charge is -2.32. The third kappa shape index (κ3) is 3.14. The highest BCUT2D eigenvalue weighted by atomic mass is 19.1. The lowest BCUT2D eigenvalue weighted by atomic mass is 10.1. The van der Waals surface area contributed by atoms with E-state index in [0.29, 0.717) is 12.1 Å². The molecule has 6 heteroatoms. The molecular formula is C14H16FNO4. The van der Waals surface area contributed by atoms with Crippen LogP contribution in [0.4, 0.5) is 4.39 Å². The largest absolute Gasteiger partial charge is 0.459 e. The fourth-order valence-corrected chi connectivity index (χ4v) is 2.08. The number of carbonyl (C=O) groups is 2. The minimum Gasteiger partial charge on any atom is -0.459 e. The summed E-state index contributed by atoms with van der Waals surface area (Å²) in [5.74, 6) is -1.99. The first-order chi connectivity index (χ1) is 9.63. The van der Waals surface area contributed by atoms with E-state index in [0.717, 1.165) is 0 Å². The van der Waals surface area contributed by atoms with Crippen molar-refractivity contribution in [1.82, 2.24) is 4.90 Å². The van der Waals surface area contributed by atoms with Gasteiger partial charge in [-0.25, -0.2) is 9.18 Å². The van der Waals surface area contributed by atoms with Crippen LogP contribution in [0.1, 0.15) is 18.6 Å². The Labute approximate surface area is 116 Å². The molecule has 1 heterocycles. The Morgan fingerprint density at radius 3 is 2.90 bits per heavy atom. The van der Waals surface area contributed by atoms with E-state index >= 15 is 0 Å². The monoisotopic (exact) mass is 281 g/mol. The molecule has 20 heavy (non-hydrogen) atoms. The molecule has 1 fully saturated rings. The number of nitrogens with zero attached hydrogens (tertiary/aromatic N) is 1. The first kappa shape index (κ1) is 14.5. The first-order valence-electron chi connectivity index (χ1n) is 6.45. The van der Waals surface area contributed by atoms with Crippen molar-refractivity contribution in [2.24, 2.45) is 0 Å². The van der Waals surface area contributed by atoms with Crippen LogP contribution in [-0.4, -0.2) is 43.1 Å². The van der Waals surface area contributed by atoms with Gasteiger partial charge in [0.1, 0.15) is 11.9 Å². The third-order valence-corrected chi connectivity index (χ3v) is 3.06. The van der Waals surface area contributed by atoms with Crippen molar-refractivity contribution >= 4 is 11.9 Å². The topological polar surface area (TPSA) is 55.8 Å². The van der Waals surface area contributed by atoms with E-state index in [-0.39, 0.29) is 25.6 Å². The summed E-state index contributed by atoms with van der Waals surface area (Å²) in [5.41, 5.74) is 0.383.